The van der Waals surface area contributed by atoms with Crippen LogP contribution in [0, 0.1) is 5.82 Å². The molecule has 0 saturated carbocycles. The number of hydrogen-bond acceptors (Lipinski definition) is 5. The molecule has 5 nitrogen and oxygen atoms in total. The first kappa shape index (κ1) is 15.4. The molecule has 1 N–H and O–H groups in total. The summed E-state index contributed by atoms with van der Waals surface area (Å²) in [5, 5.41) is 5.48. The minimum Gasteiger partial charge on any atom is -0.467 e. The molecule has 3 aromatic rings. The summed E-state index contributed by atoms with van der Waals surface area (Å²) < 4.78 is 18.4. The number of nitrogens with zero attached hydrogens (tertiary/aromatic N) is 2. The SMILES string of the molecule is C[C@@H](NC(=O)COc1ncnc2sccc12)c1ccc(F)cc1. The van der Waals surface area contributed by atoms with Gasteiger partial charge >= 0.3 is 0 Å². The van der Waals surface area contributed by atoms with Gasteiger partial charge in [0.15, 0.2) is 6.61 Å². The van der Waals surface area contributed by atoms with Crippen molar-refractivity contribution in [2.75, 3.05) is 6.61 Å². The molecule has 23 heavy (non-hydrogen) atoms. The lowest BCUT2D eigenvalue weighted by molar-refractivity contribution is -0.123. The van der Waals surface area contributed by atoms with Crippen LogP contribution in [-0.4, -0.2) is 22.5 Å². The van der Waals surface area contributed by atoms with Gasteiger partial charge in [-0.3, -0.25) is 4.79 Å². The van der Waals surface area contributed by atoms with Crippen LogP contribution >= 0.6 is 11.3 Å². The number of carbonyl (C=O) groups is 1. The fourth-order valence-corrected chi connectivity index (χ4v) is 2.86. The monoisotopic (exact) mass is 331 g/mol. The van der Waals surface area contributed by atoms with Crippen molar-refractivity contribution in [1.29, 1.82) is 0 Å². The Morgan fingerprint density at radius 1 is 1.30 bits per heavy atom. The molecule has 118 valence electrons. The first-order chi connectivity index (χ1) is 11.1. The van der Waals surface area contributed by atoms with Gasteiger partial charge < -0.3 is 10.1 Å². The Hall–Kier alpha value is -2.54. The van der Waals surface area contributed by atoms with Crippen LogP contribution < -0.4 is 10.1 Å². The van der Waals surface area contributed by atoms with Crippen molar-refractivity contribution in [3.05, 3.63) is 53.4 Å². The zero-order chi connectivity index (χ0) is 16.2. The molecule has 0 saturated heterocycles. The van der Waals surface area contributed by atoms with Crippen molar-refractivity contribution in [2.45, 2.75) is 13.0 Å². The number of halogens is 1. The number of aromatic nitrogens is 2. The lowest BCUT2D eigenvalue weighted by atomic mass is 10.1. The van der Waals surface area contributed by atoms with Gasteiger partial charge in [-0.15, -0.1) is 11.3 Å². The van der Waals surface area contributed by atoms with Gasteiger partial charge in [0.05, 0.1) is 11.4 Å². The molecular weight excluding hydrogens is 317 g/mol. The molecule has 1 atom stereocenters. The molecular formula is C16H14FN3O2S. The van der Waals surface area contributed by atoms with Gasteiger partial charge in [-0.25, -0.2) is 14.4 Å². The van der Waals surface area contributed by atoms with E-state index in [9.17, 15) is 9.18 Å². The third kappa shape index (κ3) is 3.62. The zero-order valence-electron chi connectivity index (χ0n) is 12.3. The topological polar surface area (TPSA) is 64.1 Å². The van der Waals surface area contributed by atoms with Crippen LogP contribution in [0.4, 0.5) is 4.39 Å². The number of carbonyl (C=O) groups excluding carboxylic acids is 1. The predicted octanol–water partition coefficient (Wildman–Crippen LogP) is 3.09. The molecule has 0 aliphatic carbocycles. The van der Waals surface area contributed by atoms with Crippen LogP contribution in [0.2, 0.25) is 0 Å². The van der Waals surface area contributed by atoms with E-state index in [1.807, 2.05) is 18.4 Å². The molecule has 0 bridgehead atoms. The number of rotatable bonds is 5. The van der Waals surface area contributed by atoms with Crippen molar-refractivity contribution in [1.82, 2.24) is 15.3 Å². The molecule has 1 amide bonds. The van der Waals surface area contributed by atoms with Gasteiger partial charge in [0.2, 0.25) is 5.88 Å². The van der Waals surface area contributed by atoms with Crippen LogP contribution in [-0.2, 0) is 4.79 Å². The molecule has 7 heteroatoms. The maximum atomic E-state index is 12.9. The number of ether oxygens (including phenoxy) is 1. The highest BCUT2D eigenvalue weighted by molar-refractivity contribution is 7.16. The predicted molar refractivity (Wildman–Crippen MR) is 85.9 cm³/mol. The van der Waals surface area contributed by atoms with Crippen LogP contribution in [0.1, 0.15) is 18.5 Å². The Morgan fingerprint density at radius 3 is 2.87 bits per heavy atom. The van der Waals surface area contributed by atoms with Gasteiger partial charge in [0, 0.05) is 0 Å². The fraction of sp³-hybridized carbons (Fsp3) is 0.188. The number of amides is 1. The Bertz CT molecular complexity index is 820. The van der Waals surface area contributed by atoms with E-state index < -0.39 is 0 Å². The van der Waals surface area contributed by atoms with Crippen LogP contribution in [0.15, 0.2) is 42.0 Å². The largest absolute Gasteiger partial charge is 0.467 e. The van der Waals surface area contributed by atoms with E-state index in [1.54, 1.807) is 12.1 Å². The van der Waals surface area contributed by atoms with Gasteiger partial charge in [-0.2, -0.15) is 0 Å². The summed E-state index contributed by atoms with van der Waals surface area (Å²) >= 11 is 1.48. The van der Waals surface area contributed by atoms with Crippen LogP contribution in [0.5, 0.6) is 5.88 Å². The van der Waals surface area contributed by atoms with E-state index in [4.69, 9.17) is 4.74 Å². The van der Waals surface area contributed by atoms with Gasteiger partial charge in [0.25, 0.3) is 5.91 Å². The van der Waals surface area contributed by atoms with Crippen molar-refractivity contribution in [3.8, 4) is 5.88 Å². The molecule has 2 heterocycles. The number of benzene rings is 1. The van der Waals surface area contributed by atoms with E-state index in [0.29, 0.717) is 5.88 Å². The second-order valence-electron chi connectivity index (χ2n) is 4.95. The standard InChI is InChI=1S/C16H14FN3O2S/c1-10(11-2-4-12(17)5-3-11)20-14(21)8-22-15-13-6-7-23-16(13)19-9-18-15/h2-7,9-10H,8H2,1H3,(H,20,21)/t10-/m1/s1. The van der Waals surface area contributed by atoms with Gasteiger partial charge in [-0.1, -0.05) is 12.1 Å². The third-order valence-corrected chi connectivity index (χ3v) is 4.13. The van der Waals surface area contributed by atoms with Crippen LogP contribution in [0.25, 0.3) is 10.2 Å². The molecule has 0 fully saturated rings. The molecule has 3 rings (SSSR count). The fourth-order valence-electron chi connectivity index (χ4n) is 2.13. The molecule has 0 unspecified atom stereocenters. The van der Waals surface area contributed by atoms with Crippen molar-refractivity contribution in [2.24, 2.45) is 0 Å². The van der Waals surface area contributed by atoms with E-state index in [0.717, 1.165) is 15.8 Å². The summed E-state index contributed by atoms with van der Waals surface area (Å²) in [6.07, 6.45) is 1.41. The number of hydrogen-bond donors (Lipinski definition) is 1. The Labute approximate surface area is 136 Å². The minimum atomic E-state index is -0.306. The summed E-state index contributed by atoms with van der Waals surface area (Å²) in [5.74, 6) is -0.191. The summed E-state index contributed by atoms with van der Waals surface area (Å²) in [6, 6.07) is 7.62. The average Bonchev–Trinajstić information content (AvgIpc) is 3.02. The Balaban J connectivity index is 1.59. The van der Waals surface area contributed by atoms with Crippen molar-refractivity contribution in [3.63, 3.8) is 0 Å². The van der Waals surface area contributed by atoms with Gasteiger partial charge in [0.1, 0.15) is 17.0 Å². The smallest absolute Gasteiger partial charge is 0.258 e. The normalized spacial score (nSPS) is 12.1. The first-order valence-electron chi connectivity index (χ1n) is 6.99. The highest BCUT2D eigenvalue weighted by Gasteiger charge is 2.12. The summed E-state index contributed by atoms with van der Waals surface area (Å²) in [5.41, 5.74) is 0.821. The summed E-state index contributed by atoms with van der Waals surface area (Å²) in [6.45, 7) is 1.68. The molecule has 0 aliphatic heterocycles. The van der Waals surface area contributed by atoms with E-state index >= 15 is 0 Å². The molecule has 0 aliphatic rings. The number of nitrogens with one attached hydrogen (secondary N) is 1. The second kappa shape index (κ2) is 6.70. The summed E-state index contributed by atoms with van der Waals surface area (Å²) in [4.78, 5) is 21.0. The van der Waals surface area contributed by atoms with E-state index in [1.165, 1.54) is 29.8 Å². The summed E-state index contributed by atoms with van der Waals surface area (Å²) in [7, 11) is 0. The minimum absolute atomic E-state index is 0.145. The highest BCUT2D eigenvalue weighted by Crippen LogP contribution is 2.25. The number of fused-ring (bicyclic) bond motifs is 1. The zero-order valence-corrected chi connectivity index (χ0v) is 13.1. The van der Waals surface area contributed by atoms with Gasteiger partial charge in [-0.05, 0) is 36.1 Å². The first-order valence-corrected chi connectivity index (χ1v) is 7.87. The number of thiophene rings is 1. The van der Waals surface area contributed by atoms with E-state index in [2.05, 4.69) is 15.3 Å². The third-order valence-electron chi connectivity index (χ3n) is 3.31. The molecule has 0 radical (unpaired) electrons. The average molecular weight is 331 g/mol. The van der Waals surface area contributed by atoms with Crippen molar-refractivity contribution >= 4 is 27.5 Å². The highest BCUT2D eigenvalue weighted by atomic mass is 32.1. The Kier molecular flexibility index (Phi) is 4.47. The molecule has 0 spiro atoms. The maximum absolute atomic E-state index is 12.9. The van der Waals surface area contributed by atoms with E-state index in [-0.39, 0.29) is 24.4 Å². The quantitative estimate of drug-likeness (QED) is 0.780. The molecule has 1 aromatic carbocycles. The lowest BCUT2D eigenvalue weighted by Gasteiger charge is -2.14. The van der Waals surface area contributed by atoms with Crippen LogP contribution in [0.3, 0.4) is 0 Å². The Morgan fingerprint density at radius 2 is 2.09 bits per heavy atom. The maximum Gasteiger partial charge on any atom is 0.258 e. The lowest BCUT2D eigenvalue weighted by Crippen LogP contribution is -2.31. The second-order valence-corrected chi connectivity index (χ2v) is 5.84. The molecule has 2 aromatic heterocycles. The van der Waals surface area contributed by atoms with Crippen molar-refractivity contribution < 1.29 is 13.9 Å².